The van der Waals surface area contributed by atoms with Gasteiger partial charge in [-0.1, -0.05) is 0 Å². The second kappa shape index (κ2) is 3.66. The Morgan fingerprint density at radius 1 is 1.47 bits per heavy atom. The van der Waals surface area contributed by atoms with Crippen molar-refractivity contribution in [1.82, 2.24) is 14.8 Å². The zero-order valence-electron chi connectivity index (χ0n) is 7.93. The molecule has 2 rings (SSSR count). The fourth-order valence-electron chi connectivity index (χ4n) is 1.42. The van der Waals surface area contributed by atoms with Crippen LogP contribution in [0.2, 0.25) is 0 Å². The van der Waals surface area contributed by atoms with E-state index in [1.807, 2.05) is 0 Å². The summed E-state index contributed by atoms with van der Waals surface area (Å²) >= 11 is 0. The number of hydrogen-bond donors (Lipinski definition) is 2. The van der Waals surface area contributed by atoms with Gasteiger partial charge in [0.15, 0.2) is 0 Å². The number of aromatic amines is 1. The van der Waals surface area contributed by atoms with Crippen molar-refractivity contribution < 1.29 is 0 Å². The summed E-state index contributed by atoms with van der Waals surface area (Å²) in [6.07, 6.45) is 1.48. The van der Waals surface area contributed by atoms with Gasteiger partial charge in [-0.2, -0.15) is 0 Å². The van der Waals surface area contributed by atoms with Crippen LogP contribution in [0, 0.1) is 0 Å². The lowest BCUT2D eigenvalue weighted by atomic mass is 10.3. The maximum absolute atomic E-state index is 11.8. The summed E-state index contributed by atoms with van der Waals surface area (Å²) in [5.74, 6) is 0. The van der Waals surface area contributed by atoms with Crippen LogP contribution in [0.1, 0.15) is 0 Å². The van der Waals surface area contributed by atoms with E-state index in [-0.39, 0.29) is 16.6 Å². The third kappa shape index (κ3) is 1.55. The number of rotatable bonds is 2. The van der Waals surface area contributed by atoms with E-state index in [9.17, 15) is 9.59 Å². The molecule has 0 spiro atoms. The van der Waals surface area contributed by atoms with E-state index in [2.05, 4.69) is 10.1 Å². The summed E-state index contributed by atoms with van der Waals surface area (Å²) in [5, 5.41) is 2.74. The van der Waals surface area contributed by atoms with Crippen molar-refractivity contribution in [2.24, 2.45) is 5.73 Å². The van der Waals surface area contributed by atoms with E-state index in [0.717, 1.165) is 0 Å². The molecule has 6 nitrogen and oxygen atoms in total. The van der Waals surface area contributed by atoms with E-state index >= 15 is 0 Å². The zero-order chi connectivity index (χ0) is 10.8. The topological polar surface area (TPSA) is 93.8 Å². The van der Waals surface area contributed by atoms with Gasteiger partial charge in [-0.3, -0.25) is 19.7 Å². The number of hydrogen-bond acceptors (Lipinski definition) is 4. The van der Waals surface area contributed by atoms with Gasteiger partial charge in [0, 0.05) is 12.7 Å². The fourth-order valence-corrected chi connectivity index (χ4v) is 1.42. The van der Waals surface area contributed by atoms with Gasteiger partial charge in [-0.05, 0) is 12.1 Å². The largest absolute Gasteiger partial charge is 0.329 e. The molecule has 3 N–H and O–H groups in total. The second-order valence-electron chi connectivity index (χ2n) is 3.09. The van der Waals surface area contributed by atoms with Crippen LogP contribution in [-0.2, 0) is 6.54 Å². The van der Waals surface area contributed by atoms with Crippen LogP contribution in [-0.4, -0.2) is 21.3 Å². The first-order valence-corrected chi connectivity index (χ1v) is 4.52. The molecule has 0 aromatic carbocycles. The van der Waals surface area contributed by atoms with E-state index < -0.39 is 0 Å². The predicted octanol–water partition coefficient (Wildman–Crippen LogP) is -0.956. The van der Waals surface area contributed by atoms with Crippen LogP contribution in [0.5, 0.6) is 0 Å². The average Bonchev–Trinajstić information content (AvgIpc) is 2.26. The average molecular weight is 206 g/mol. The number of fused-ring (bicyclic) bond motifs is 1. The standard InChI is InChI=1S/C9H10N4O2/c10-3-5-13-9(15)6-2-1-4-11-7(6)8(14)12-13/h1-2,4H,3,5,10H2,(H,12,14). The molecule has 0 aliphatic rings. The van der Waals surface area contributed by atoms with Crippen LogP contribution in [0.4, 0.5) is 0 Å². The minimum Gasteiger partial charge on any atom is -0.329 e. The summed E-state index contributed by atoms with van der Waals surface area (Å²) in [6, 6.07) is 3.20. The van der Waals surface area contributed by atoms with Crippen LogP contribution in [0.25, 0.3) is 10.9 Å². The smallest absolute Gasteiger partial charge is 0.289 e. The Bertz CT molecular complexity index is 599. The van der Waals surface area contributed by atoms with Gasteiger partial charge in [0.05, 0.1) is 11.9 Å². The Morgan fingerprint density at radius 3 is 3.00 bits per heavy atom. The first kappa shape index (κ1) is 9.60. The quantitative estimate of drug-likeness (QED) is 0.662. The van der Waals surface area contributed by atoms with Crippen LogP contribution in [0.15, 0.2) is 27.9 Å². The SMILES string of the molecule is NCCn1[nH]c(=O)c2ncccc2c1=O. The molecular formula is C9H10N4O2. The summed E-state index contributed by atoms with van der Waals surface area (Å²) in [5.41, 5.74) is 4.84. The molecule has 0 unspecified atom stereocenters. The molecule has 15 heavy (non-hydrogen) atoms. The number of nitrogens with one attached hydrogen (secondary N) is 1. The van der Waals surface area contributed by atoms with E-state index in [1.165, 1.54) is 10.9 Å². The van der Waals surface area contributed by atoms with Crippen molar-refractivity contribution in [3.8, 4) is 0 Å². The molecular weight excluding hydrogens is 196 g/mol. The lowest BCUT2D eigenvalue weighted by Crippen LogP contribution is -2.32. The van der Waals surface area contributed by atoms with Crippen molar-refractivity contribution in [3.63, 3.8) is 0 Å². The third-order valence-electron chi connectivity index (χ3n) is 2.09. The molecule has 0 aliphatic heterocycles. The number of nitrogens with zero attached hydrogens (tertiary/aromatic N) is 2. The molecule has 2 aromatic rings. The number of nitrogens with two attached hydrogens (primary N) is 1. The highest BCUT2D eigenvalue weighted by molar-refractivity contribution is 5.75. The fraction of sp³-hybridized carbons (Fsp3) is 0.222. The van der Waals surface area contributed by atoms with Crippen molar-refractivity contribution in [2.75, 3.05) is 6.54 Å². The molecule has 0 amide bonds. The van der Waals surface area contributed by atoms with Crippen molar-refractivity contribution in [2.45, 2.75) is 6.54 Å². The van der Waals surface area contributed by atoms with Gasteiger partial charge in [0.2, 0.25) is 0 Å². The number of H-pyrrole nitrogens is 1. The van der Waals surface area contributed by atoms with Crippen LogP contribution >= 0.6 is 0 Å². The monoisotopic (exact) mass is 206 g/mol. The van der Waals surface area contributed by atoms with Crippen molar-refractivity contribution in [1.29, 1.82) is 0 Å². The number of pyridine rings is 1. The van der Waals surface area contributed by atoms with E-state index in [1.54, 1.807) is 12.1 Å². The van der Waals surface area contributed by atoms with Crippen molar-refractivity contribution >= 4 is 10.9 Å². The molecule has 0 radical (unpaired) electrons. The normalized spacial score (nSPS) is 10.7. The molecule has 0 saturated heterocycles. The highest BCUT2D eigenvalue weighted by atomic mass is 16.2. The highest BCUT2D eigenvalue weighted by Crippen LogP contribution is 1.97. The van der Waals surface area contributed by atoms with Gasteiger partial charge < -0.3 is 5.73 Å². The van der Waals surface area contributed by atoms with Gasteiger partial charge in [-0.25, -0.2) is 4.68 Å². The lowest BCUT2D eigenvalue weighted by molar-refractivity contribution is 0.585. The number of aromatic nitrogens is 3. The molecule has 78 valence electrons. The summed E-state index contributed by atoms with van der Waals surface area (Å²) in [7, 11) is 0. The van der Waals surface area contributed by atoms with E-state index in [4.69, 9.17) is 5.73 Å². The first-order chi connectivity index (χ1) is 7.24. The molecule has 0 aliphatic carbocycles. The molecule has 0 atom stereocenters. The Morgan fingerprint density at radius 2 is 2.27 bits per heavy atom. The Kier molecular flexibility index (Phi) is 2.34. The van der Waals surface area contributed by atoms with Crippen LogP contribution in [0.3, 0.4) is 0 Å². The zero-order valence-corrected chi connectivity index (χ0v) is 7.93. The molecule has 2 aromatic heterocycles. The van der Waals surface area contributed by atoms with Crippen molar-refractivity contribution in [3.05, 3.63) is 39.0 Å². The summed E-state index contributed by atoms with van der Waals surface area (Å²) in [4.78, 5) is 27.1. The molecule has 0 saturated carbocycles. The minimum atomic E-state index is -0.376. The predicted molar refractivity (Wildman–Crippen MR) is 55.7 cm³/mol. The maximum atomic E-state index is 11.8. The Balaban J connectivity index is 2.85. The first-order valence-electron chi connectivity index (χ1n) is 4.52. The maximum Gasteiger partial charge on any atom is 0.289 e. The van der Waals surface area contributed by atoms with Gasteiger partial charge in [0.1, 0.15) is 5.52 Å². The Labute approximate surface area is 84.3 Å². The summed E-state index contributed by atoms with van der Waals surface area (Å²) in [6.45, 7) is 0.584. The molecule has 0 fully saturated rings. The van der Waals surface area contributed by atoms with E-state index in [0.29, 0.717) is 18.5 Å². The molecule has 6 heteroatoms. The van der Waals surface area contributed by atoms with Gasteiger partial charge in [-0.15, -0.1) is 0 Å². The summed E-state index contributed by atoms with van der Waals surface area (Å²) < 4.78 is 1.20. The molecule has 2 heterocycles. The van der Waals surface area contributed by atoms with Crippen LogP contribution < -0.4 is 16.9 Å². The molecule has 0 bridgehead atoms. The van der Waals surface area contributed by atoms with Gasteiger partial charge >= 0.3 is 0 Å². The van der Waals surface area contributed by atoms with Gasteiger partial charge in [0.25, 0.3) is 11.1 Å². The lowest BCUT2D eigenvalue weighted by Gasteiger charge is -2.03. The second-order valence-corrected chi connectivity index (χ2v) is 3.09. The third-order valence-corrected chi connectivity index (χ3v) is 2.09. The Hall–Kier alpha value is -1.95. The highest BCUT2D eigenvalue weighted by Gasteiger charge is 2.06. The minimum absolute atomic E-state index is 0.163.